The Morgan fingerprint density at radius 2 is 2.20 bits per heavy atom. The smallest absolute Gasteiger partial charge is 0.0615 e. The van der Waals surface area contributed by atoms with Crippen LogP contribution >= 0.6 is 0 Å². The van der Waals surface area contributed by atoms with E-state index in [9.17, 15) is 0 Å². The number of hydrogen-bond donors (Lipinski definition) is 1. The Kier molecular flexibility index (Phi) is 6.26. The number of rotatable bonds is 6. The highest BCUT2D eigenvalue weighted by Gasteiger charge is 2.21. The molecular weight excluding hydrogens is 186 g/mol. The lowest BCUT2D eigenvalue weighted by Crippen LogP contribution is -2.43. The van der Waals surface area contributed by atoms with E-state index < -0.39 is 0 Å². The summed E-state index contributed by atoms with van der Waals surface area (Å²) in [6.07, 6.45) is 7.99. The summed E-state index contributed by atoms with van der Waals surface area (Å²) in [6.45, 7) is 5.48. The highest BCUT2D eigenvalue weighted by molar-refractivity contribution is 4.79. The Labute approximate surface area is 94.8 Å². The van der Waals surface area contributed by atoms with Crippen LogP contribution in [-0.2, 0) is 4.74 Å². The Balaban J connectivity index is 2.28. The van der Waals surface area contributed by atoms with Crippen LogP contribution in [0.25, 0.3) is 0 Å². The van der Waals surface area contributed by atoms with Gasteiger partial charge in [-0.2, -0.15) is 0 Å². The SMILES string of the molecule is CCCC(COC)NC1CCCC(C)C1. The Bertz CT molecular complexity index is 152. The second-order valence-electron chi connectivity index (χ2n) is 5.08. The molecule has 1 aliphatic carbocycles. The molecule has 0 aliphatic heterocycles. The van der Waals surface area contributed by atoms with Gasteiger partial charge in [0.2, 0.25) is 0 Å². The van der Waals surface area contributed by atoms with Crippen LogP contribution in [0.5, 0.6) is 0 Å². The van der Waals surface area contributed by atoms with Crippen molar-refractivity contribution in [1.82, 2.24) is 5.32 Å². The van der Waals surface area contributed by atoms with Crippen LogP contribution in [0.2, 0.25) is 0 Å². The summed E-state index contributed by atoms with van der Waals surface area (Å²) in [5.41, 5.74) is 0. The van der Waals surface area contributed by atoms with Crippen LogP contribution in [0.3, 0.4) is 0 Å². The van der Waals surface area contributed by atoms with Crippen molar-refractivity contribution in [3.8, 4) is 0 Å². The first-order chi connectivity index (χ1) is 7.26. The van der Waals surface area contributed by atoms with Crippen LogP contribution in [0.4, 0.5) is 0 Å². The van der Waals surface area contributed by atoms with Gasteiger partial charge in [0.1, 0.15) is 0 Å². The molecule has 0 aromatic rings. The molecule has 1 rings (SSSR count). The molecule has 2 nitrogen and oxygen atoms in total. The van der Waals surface area contributed by atoms with E-state index in [2.05, 4.69) is 19.2 Å². The van der Waals surface area contributed by atoms with Gasteiger partial charge in [-0.05, 0) is 25.2 Å². The molecule has 0 amide bonds. The standard InChI is InChI=1S/C13H27NO/c1-4-6-13(10-15-3)14-12-8-5-7-11(2)9-12/h11-14H,4-10H2,1-3H3. The van der Waals surface area contributed by atoms with Gasteiger partial charge in [0, 0.05) is 19.2 Å². The number of methoxy groups -OCH3 is 1. The van der Waals surface area contributed by atoms with Crippen LogP contribution in [0.15, 0.2) is 0 Å². The fourth-order valence-corrected chi connectivity index (χ4v) is 2.68. The van der Waals surface area contributed by atoms with Crippen LogP contribution in [0, 0.1) is 5.92 Å². The lowest BCUT2D eigenvalue weighted by molar-refractivity contribution is 0.147. The van der Waals surface area contributed by atoms with E-state index in [1.165, 1.54) is 38.5 Å². The third-order valence-electron chi connectivity index (χ3n) is 3.41. The second-order valence-corrected chi connectivity index (χ2v) is 5.08. The molecule has 0 radical (unpaired) electrons. The molecule has 3 atom stereocenters. The maximum Gasteiger partial charge on any atom is 0.0615 e. The summed E-state index contributed by atoms with van der Waals surface area (Å²) in [5.74, 6) is 0.904. The van der Waals surface area contributed by atoms with Crippen molar-refractivity contribution in [2.24, 2.45) is 5.92 Å². The van der Waals surface area contributed by atoms with Gasteiger partial charge in [0.25, 0.3) is 0 Å². The van der Waals surface area contributed by atoms with Crippen LogP contribution in [0.1, 0.15) is 52.4 Å². The summed E-state index contributed by atoms with van der Waals surface area (Å²) in [6, 6.07) is 1.30. The van der Waals surface area contributed by atoms with Gasteiger partial charge in [-0.3, -0.25) is 0 Å². The minimum atomic E-state index is 0.565. The summed E-state index contributed by atoms with van der Waals surface area (Å²) < 4.78 is 5.26. The molecule has 2 heteroatoms. The molecular formula is C13H27NO. The summed E-state index contributed by atoms with van der Waals surface area (Å²) in [7, 11) is 1.80. The van der Waals surface area contributed by atoms with Crippen molar-refractivity contribution in [3.63, 3.8) is 0 Å². The zero-order chi connectivity index (χ0) is 11.1. The lowest BCUT2D eigenvalue weighted by atomic mass is 9.86. The molecule has 1 saturated carbocycles. The first kappa shape index (κ1) is 13.0. The number of nitrogens with one attached hydrogen (secondary N) is 1. The van der Waals surface area contributed by atoms with E-state index in [-0.39, 0.29) is 0 Å². The molecule has 0 bridgehead atoms. The number of ether oxygens (including phenoxy) is 1. The van der Waals surface area contributed by atoms with Gasteiger partial charge in [-0.1, -0.05) is 33.1 Å². The van der Waals surface area contributed by atoms with Gasteiger partial charge in [-0.15, -0.1) is 0 Å². The second kappa shape index (κ2) is 7.24. The maximum absolute atomic E-state index is 5.26. The monoisotopic (exact) mass is 213 g/mol. The minimum absolute atomic E-state index is 0.565. The zero-order valence-corrected chi connectivity index (χ0v) is 10.6. The largest absolute Gasteiger partial charge is 0.383 e. The summed E-state index contributed by atoms with van der Waals surface area (Å²) in [5, 5.41) is 3.76. The minimum Gasteiger partial charge on any atom is -0.383 e. The van der Waals surface area contributed by atoms with Crippen molar-refractivity contribution in [2.45, 2.75) is 64.5 Å². The molecule has 1 fully saturated rings. The highest BCUT2D eigenvalue weighted by Crippen LogP contribution is 2.24. The lowest BCUT2D eigenvalue weighted by Gasteiger charge is -2.31. The molecule has 15 heavy (non-hydrogen) atoms. The summed E-state index contributed by atoms with van der Waals surface area (Å²) >= 11 is 0. The van der Waals surface area contributed by atoms with Crippen molar-refractivity contribution in [3.05, 3.63) is 0 Å². The van der Waals surface area contributed by atoms with Crippen molar-refractivity contribution in [1.29, 1.82) is 0 Å². The first-order valence-electron chi connectivity index (χ1n) is 6.51. The average molecular weight is 213 g/mol. The van der Waals surface area contributed by atoms with Crippen molar-refractivity contribution < 1.29 is 4.74 Å². The molecule has 0 spiro atoms. The van der Waals surface area contributed by atoms with E-state index in [0.29, 0.717) is 6.04 Å². The first-order valence-corrected chi connectivity index (χ1v) is 6.51. The Morgan fingerprint density at radius 1 is 1.40 bits per heavy atom. The molecule has 0 saturated heterocycles. The molecule has 0 aromatic heterocycles. The molecule has 90 valence electrons. The third kappa shape index (κ3) is 4.98. The Morgan fingerprint density at radius 3 is 2.80 bits per heavy atom. The quantitative estimate of drug-likeness (QED) is 0.732. The fourth-order valence-electron chi connectivity index (χ4n) is 2.68. The van der Waals surface area contributed by atoms with Crippen molar-refractivity contribution in [2.75, 3.05) is 13.7 Å². The summed E-state index contributed by atoms with van der Waals surface area (Å²) in [4.78, 5) is 0. The zero-order valence-electron chi connectivity index (χ0n) is 10.6. The van der Waals surface area contributed by atoms with E-state index >= 15 is 0 Å². The topological polar surface area (TPSA) is 21.3 Å². The fraction of sp³-hybridized carbons (Fsp3) is 1.00. The van der Waals surface area contributed by atoms with Gasteiger partial charge in [-0.25, -0.2) is 0 Å². The predicted octanol–water partition coefficient (Wildman–Crippen LogP) is 2.97. The molecule has 1 N–H and O–H groups in total. The van der Waals surface area contributed by atoms with E-state index in [1.807, 2.05) is 0 Å². The number of hydrogen-bond acceptors (Lipinski definition) is 2. The molecule has 0 heterocycles. The van der Waals surface area contributed by atoms with Crippen LogP contribution < -0.4 is 5.32 Å². The predicted molar refractivity (Wildman–Crippen MR) is 65.1 cm³/mol. The van der Waals surface area contributed by atoms with E-state index in [0.717, 1.165) is 18.6 Å². The highest BCUT2D eigenvalue weighted by atomic mass is 16.5. The molecule has 1 aliphatic rings. The third-order valence-corrected chi connectivity index (χ3v) is 3.41. The van der Waals surface area contributed by atoms with Gasteiger partial charge < -0.3 is 10.1 Å². The molecule has 0 aromatic carbocycles. The van der Waals surface area contributed by atoms with E-state index in [4.69, 9.17) is 4.74 Å². The maximum atomic E-state index is 5.26. The van der Waals surface area contributed by atoms with Gasteiger partial charge in [0.15, 0.2) is 0 Å². The van der Waals surface area contributed by atoms with Gasteiger partial charge >= 0.3 is 0 Å². The van der Waals surface area contributed by atoms with Crippen LogP contribution in [-0.4, -0.2) is 25.8 Å². The Hall–Kier alpha value is -0.0800. The van der Waals surface area contributed by atoms with Gasteiger partial charge in [0.05, 0.1) is 6.61 Å². The normalized spacial score (nSPS) is 29.0. The van der Waals surface area contributed by atoms with Crippen molar-refractivity contribution >= 4 is 0 Å². The molecule has 3 unspecified atom stereocenters. The van der Waals surface area contributed by atoms with E-state index in [1.54, 1.807) is 7.11 Å². The average Bonchev–Trinajstić information content (AvgIpc) is 2.18.